The number of amides is 1. The molecule has 3 rings (SSSR count). The summed E-state index contributed by atoms with van der Waals surface area (Å²) in [5, 5.41) is 10.4. The summed E-state index contributed by atoms with van der Waals surface area (Å²) >= 11 is 0. The van der Waals surface area contributed by atoms with Crippen molar-refractivity contribution in [3.63, 3.8) is 0 Å². The largest absolute Gasteiger partial charge is 0.379 e. The Balaban J connectivity index is 1.72. The summed E-state index contributed by atoms with van der Waals surface area (Å²) in [5.74, 6) is -0.283. The molecule has 0 radical (unpaired) electrons. The maximum Gasteiger partial charge on any atom is 0.256 e. The van der Waals surface area contributed by atoms with Gasteiger partial charge in [0.15, 0.2) is 6.10 Å². The van der Waals surface area contributed by atoms with Crippen molar-refractivity contribution < 1.29 is 14.6 Å². The SMILES string of the molecule is O=C(C(O)c1cccnc1)N(CCc1ccccc1)C1CCOC1. The van der Waals surface area contributed by atoms with Gasteiger partial charge in [-0.25, -0.2) is 0 Å². The van der Waals surface area contributed by atoms with Crippen molar-refractivity contribution in [1.29, 1.82) is 0 Å². The van der Waals surface area contributed by atoms with Crippen molar-refractivity contribution >= 4 is 5.91 Å². The molecule has 2 aromatic rings. The van der Waals surface area contributed by atoms with Crippen LogP contribution in [-0.4, -0.2) is 46.7 Å². The van der Waals surface area contributed by atoms with E-state index in [2.05, 4.69) is 4.98 Å². The highest BCUT2D eigenvalue weighted by Crippen LogP contribution is 2.20. The lowest BCUT2D eigenvalue weighted by molar-refractivity contribution is -0.143. The van der Waals surface area contributed by atoms with Crippen molar-refractivity contribution in [3.8, 4) is 0 Å². The van der Waals surface area contributed by atoms with Crippen molar-refractivity contribution in [2.75, 3.05) is 19.8 Å². The summed E-state index contributed by atoms with van der Waals surface area (Å²) in [6, 6.07) is 13.5. The molecule has 2 atom stereocenters. The normalized spacial score (nSPS) is 18.3. The molecule has 2 unspecified atom stereocenters. The molecule has 1 amide bonds. The number of hydrogen-bond acceptors (Lipinski definition) is 4. The molecule has 2 heterocycles. The third-order valence-electron chi connectivity index (χ3n) is 4.35. The number of pyridine rings is 1. The second kappa shape index (κ2) is 8.04. The molecular weight excluding hydrogens is 304 g/mol. The summed E-state index contributed by atoms with van der Waals surface area (Å²) < 4.78 is 5.44. The lowest BCUT2D eigenvalue weighted by atomic mass is 10.1. The molecule has 1 aliphatic heterocycles. The molecule has 0 spiro atoms. The number of aliphatic hydroxyl groups excluding tert-OH is 1. The van der Waals surface area contributed by atoms with E-state index < -0.39 is 6.10 Å². The maximum atomic E-state index is 12.8. The molecule has 1 saturated heterocycles. The van der Waals surface area contributed by atoms with Gasteiger partial charge in [0.25, 0.3) is 5.91 Å². The second-order valence-corrected chi connectivity index (χ2v) is 5.97. The number of carbonyl (C=O) groups excluding carboxylic acids is 1. The zero-order valence-electron chi connectivity index (χ0n) is 13.5. The minimum atomic E-state index is -1.19. The predicted octanol–water partition coefficient (Wildman–Crippen LogP) is 1.98. The average molecular weight is 326 g/mol. The summed E-state index contributed by atoms with van der Waals surface area (Å²) in [7, 11) is 0. The van der Waals surface area contributed by atoms with E-state index in [0.29, 0.717) is 25.3 Å². The van der Waals surface area contributed by atoms with Crippen molar-refractivity contribution in [3.05, 3.63) is 66.0 Å². The molecule has 1 aromatic carbocycles. The molecule has 1 fully saturated rings. The van der Waals surface area contributed by atoms with Gasteiger partial charge in [-0.3, -0.25) is 9.78 Å². The van der Waals surface area contributed by atoms with Gasteiger partial charge in [0, 0.05) is 31.1 Å². The van der Waals surface area contributed by atoms with Gasteiger partial charge in [-0.2, -0.15) is 0 Å². The van der Waals surface area contributed by atoms with E-state index in [1.54, 1.807) is 23.2 Å². The fourth-order valence-corrected chi connectivity index (χ4v) is 2.97. The van der Waals surface area contributed by atoms with Crippen LogP contribution in [0.5, 0.6) is 0 Å². The number of carbonyl (C=O) groups is 1. The quantitative estimate of drug-likeness (QED) is 0.882. The summed E-state index contributed by atoms with van der Waals surface area (Å²) in [6.07, 6.45) is 3.53. The van der Waals surface area contributed by atoms with Crippen LogP contribution in [0.15, 0.2) is 54.9 Å². The van der Waals surface area contributed by atoms with Gasteiger partial charge in [0.2, 0.25) is 0 Å². The zero-order valence-corrected chi connectivity index (χ0v) is 13.5. The van der Waals surface area contributed by atoms with Crippen molar-refractivity contribution in [2.45, 2.75) is 25.0 Å². The molecule has 0 aliphatic carbocycles. The van der Waals surface area contributed by atoms with Crippen LogP contribution in [0, 0.1) is 0 Å². The number of aliphatic hydroxyl groups is 1. The molecular formula is C19H22N2O3. The van der Waals surface area contributed by atoms with Gasteiger partial charge in [-0.15, -0.1) is 0 Å². The lowest BCUT2D eigenvalue weighted by Crippen LogP contribution is -2.44. The van der Waals surface area contributed by atoms with E-state index in [1.807, 2.05) is 30.3 Å². The third-order valence-corrected chi connectivity index (χ3v) is 4.35. The Morgan fingerprint density at radius 2 is 2.12 bits per heavy atom. The molecule has 126 valence electrons. The van der Waals surface area contributed by atoms with Crippen LogP contribution in [0.4, 0.5) is 0 Å². The minimum Gasteiger partial charge on any atom is -0.379 e. The summed E-state index contributed by atoms with van der Waals surface area (Å²) in [4.78, 5) is 18.6. The van der Waals surface area contributed by atoms with Crippen LogP contribution in [0.3, 0.4) is 0 Å². The first-order valence-electron chi connectivity index (χ1n) is 8.26. The Kier molecular flexibility index (Phi) is 5.56. The highest BCUT2D eigenvalue weighted by molar-refractivity contribution is 5.82. The smallest absolute Gasteiger partial charge is 0.256 e. The first kappa shape index (κ1) is 16.6. The van der Waals surface area contributed by atoms with Crippen LogP contribution in [0.1, 0.15) is 23.7 Å². The predicted molar refractivity (Wildman–Crippen MR) is 90.3 cm³/mol. The lowest BCUT2D eigenvalue weighted by Gasteiger charge is -2.30. The standard InChI is InChI=1S/C19H22N2O3/c22-18(16-7-4-10-20-13-16)19(23)21(17-9-12-24-14-17)11-8-15-5-2-1-3-6-15/h1-7,10,13,17-18,22H,8-9,11-12,14H2. The minimum absolute atomic E-state index is 0.0209. The van der Waals surface area contributed by atoms with Crippen LogP contribution >= 0.6 is 0 Å². The van der Waals surface area contributed by atoms with E-state index in [4.69, 9.17) is 4.74 Å². The Labute approximate surface area is 141 Å². The zero-order chi connectivity index (χ0) is 16.8. The van der Waals surface area contributed by atoms with E-state index >= 15 is 0 Å². The van der Waals surface area contributed by atoms with Crippen LogP contribution < -0.4 is 0 Å². The molecule has 5 heteroatoms. The Bertz CT molecular complexity index is 642. The van der Waals surface area contributed by atoms with E-state index in [1.165, 1.54) is 11.8 Å². The Hall–Kier alpha value is -2.24. The van der Waals surface area contributed by atoms with Gasteiger partial charge in [-0.1, -0.05) is 36.4 Å². The van der Waals surface area contributed by atoms with Crippen molar-refractivity contribution in [2.24, 2.45) is 0 Å². The Morgan fingerprint density at radius 3 is 2.79 bits per heavy atom. The van der Waals surface area contributed by atoms with Gasteiger partial charge in [-0.05, 0) is 24.5 Å². The van der Waals surface area contributed by atoms with Gasteiger partial charge < -0.3 is 14.7 Å². The van der Waals surface area contributed by atoms with Gasteiger partial charge in [0.05, 0.1) is 12.6 Å². The first-order valence-corrected chi connectivity index (χ1v) is 8.26. The van der Waals surface area contributed by atoms with Crippen LogP contribution in [0.25, 0.3) is 0 Å². The van der Waals surface area contributed by atoms with Gasteiger partial charge in [0.1, 0.15) is 0 Å². The number of nitrogens with zero attached hydrogens (tertiary/aromatic N) is 2. The molecule has 1 aliphatic rings. The van der Waals surface area contributed by atoms with Crippen LogP contribution in [0.2, 0.25) is 0 Å². The number of rotatable bonds is 6. The average Bonchev–Trinajstić information content (AvgIpc) is 3.17. The van der Waals surface area contributed by atoms with Crippen molar-refractivity contribution in [1.82, 2.24) is 9.88 Å². The van der Waals surface area contributed by atoms with E-state index in [-0.39, 0.29) is 11.9 Å². The highest BCUT2D eigenvalue weighted by Gasteiger charge is 2.31. The third kappa shape index (κ3) is 3.99. The monoisotopic (exact) mass is 326 g/mol. The number of ether oxygens (including phenoxy) is 1. The highest BCUT2D eigenvalue weighted by atomic mass is 16.5. The maximum absolute atomic E-state index is 12.8. The topological polar surface area (TPSA) is 62.7 Å². The molecule has 0 bridgehead atoms. The van der Waals surface area contributed by atoms with E-state index in [9.17, 15) is 9.90 Å². The number of benzene rings is 1. The molecule has 1 N–H and O–H groups in total. The number of hydrogen-bond donors (Lipinski definition) is 1. The fourth-order valence-electron chi connectivity index (χ4n) is 2.97. The molecule has 5 nitrogen and oxygen atoms in total. The summed E-state index contributed by atoms with van der Waals surface area (Å²) in [6.45, 7) is 1.75. The fraction of sp³-hybridized carbons (Fsp3) is 0.368. The Morgan fingerprint density at radius 1 is 1.29 bits per heavy atom. The molecule has 24 heavy (non-hydrogen) atoms. The number of aromatic nitrogens is 1. The van der Waals surface area contributed by atoms with Gasteiger partial charge >= 0.3 is 0 Å². The van der Waals surface area contributed by atoms with Crippen LogP contribution in [-0.2, 0) is 16.0 Å². The molecule has 0 saturated carbocycles. The summed E-state index contributed by atoms with van der Waals surface area (Å²) in [5.41, 5.74) is 1.69. The second-order valence-electron chi connectivity index (χ2n) is 5.97. The van der Waals surface area contributed by atoms with E-state index in [0.717, 1.165) is 12.8 Å². The first-order chi connectivity index (χ1) is 11.8. The molecule has 1 aromatic heterocycles.